The Kier molecular flexibility index (Phi) is 192000. The second-order valence-electron chi connectivity index (χ2n) is 0. The molecule has 0 bridgehead atoms. The van der Waals surface area contributed by atoms with Crippen LogP contribution in [-0.4, -0.2) is 17.4 Å². The molecule has 0 heterocycles. The van der Waals surface area contributed by atoms with Crippen molar-refractivity contribution in [3.63, 3.8) is 0 Å². The minimum Gasteiger partial charge on any atom is -1.00 e. The molecule has 0 aromatic heterocycles. The molecule has 0 aliphatic rings. The number of rotatable bonds is 0. The van der Waals surface area contributed by atoms with E-state index in [4.69, 9.17) is 0 Å². The van der Waals surface area contributed by atoms with Crippen LogP contribution in [0.25, 0.3) is 0 Å². The third kappa shape index (κ3) is 1010. The quantitative estimate of drug-likeness (QED) is 0.306. The molecular weight excluding hydrogens is 257 g/mol. The Bertz CT molecular complexity index is 19.0. The third-order valence-electron chi connectivity index (χ3n) is 0. The van der Waals surface area contributed by atoms with Crippen molar-refractivity contribution < 1.29 is 79.0 Å². The van der Waals surface area contributed by atoms with Gasteiger partial charge in [-0.15, -0.1) is 0 Å². The van der Waals surface area contributed by atoms with Gasteiger partial charge in [0.15, 0.2) is 0 Å². The molecular formula is H4AlF8LiMnO. The molecule has 0 atom stereocenters. The zero-order chi connectivity index (χ0) is 0. The van der Waals surface area contributed by atoms with Gasteiger partial charge in [-0.1, -0.05) is 0 Å². The van der Waals surface area contributed by atoms with E-state index in [0.717, 1.165) is 0 Å². The molecule has 0 amide bonds. The average molecular weight is 261 g/mol. The Labute approximate surface area is 96.4 Å². The van der Waals surface area contributed by atoms with Crippen molar-refractivity contribution >= 4 is 17.4 Å². The first-order valence-electron chi connectivity index (χ1n) is 0. The summed E-state index contributed by atoms with van der Waals surface area (Å²) in [6, 6.07) is 0. The number of hydrogen-bond donors (Lipinski definition) is 0. The van der Waals surface area contributed by atoms with E-state index in [-0.39, 0.29) is 96.4 Å². The summed E-state index contributed by atoms with van der Waals surface area (Å²) in [5, 5.41) is 0. The zero-order valence-corrected chi connectivity index (χ0v) is 8.02. The van der Waals surface area contributed by atoms with Crippen LogP contribution in [0.4, 0.5) is 0 Å². The molecule has 0 unspecified atom stereocenters. The summed E-state index contributed by atoms with van der Waals surface area (Å²) >= 11 is 0. The minimum absolute atomic E-state index is 0. The van der Waals surface area contributed by atoms with Gasteiger partial charge in [-0.05, 0) is 0 Å². The van der Waals surface area contributed by atoms with Crippen LogP contribution < -0.4 is 56.5 Å². The Morgan fingerprint density at radius 2 is 0.417 bits per heavy atom. The van der Waals surface area contributed by atoms with Crippen molar-refractivity contribution in [2.45, 2.75) is 0 Å². The molecule has 77 valence electrons. The Balaban J connectivity index is 0. The maximum atomic E-state index is 0. The van der Waals surface area contributed by atoms with Crippen LogP contribution >= 0.6 is 0 Å². The second-order valence-corrected chi connectivity index (χ2v) is 0. The molecule has 1 radical (unpaired) electrons. The van der Waals surface area contributed by atoms with Gasteiger partial charge in [-0.2, -0.15) is 0 Å². The van der Waals surface area contributed by atoms with E-state index in [1.165, 1.54) is 0 Å². The maximum absolute atomic E-state index is 0. The molecule has 0 spiro atoms. The topological polar surface area (TPSA) is 34.5 Å². The van der Waals surface area contributed by atoms with E-state index in [1.54, 1.807) is 0 Å². The van der Waals surface area contributed by atoms with E-state index < -0.39 is 0 Å². The van der Waals surface area contributed by atoms with Crippen LogP contribution in [0.2, 0.25) is 0 Å². The summed E-state index contributed by atoms with van der Waals surface area (Å²) < 4.78 is 0. The molecule has 4 N–H and O–H groups in total. The summed E-state index contributed by atoms with van der Waals surface area (Å²) in [4.78, 5) is 0. The maximum Gasteiger partial charge on any atom is 3.00 e. The summed E-state index contributed by atoms with van der Waals surface area (Å²) in [7, 11) is 0. The minimum atomic E-state index is 0. The summed E-state index contributed by atoms with van der Waals surface area (Å²) in [5.41, 5.74) is 0. The van der Waals surface area contributed by atoms with Crippen molar-refractivity contribution in [2.24, 2.45) is 0 Å². The van der Waals surface area contributed by atoms with Crippen LogP contribution in [0.1, 0.15) is 0 Å². The van der Waals surface area contributed by atoms with Crippen LogP contribution in [0.5, 0.6) is 0 Å². The first-order chi connectivity index (χ1) is 0. The van der Waals surface area contributed by atoms with Gasteiger partial charge in [0.2, 0.25) is 0 Å². The van der Waals surface area contributed by atoms with Gasteiger partial charge >= 0.3 is 53.3 Å². The molecule has 0 fully saturated rings. The van der Waals surface area contributed by atoms with Gasteiger partial charge in [0.25, 0.3) is 0 Å². The monoisotopic (exact) mass is 261 g/mol. The molecule has 0 aliphatic heterocycles. The van der Waals surface area contributed by atoms with Crippen LogP contribution in [0, 0.1) is 0 Å². The third-order valence-corrected chi connectivity index (χ3v) is 0. The molecule has 0 aromatic carbocycles. The van der Waals surface area contributed by atoms with Gasteiger partial charge in [0.05, 0.1) is 0 Å². The summed E-state index contributed by atoms with van der Waals surface area (Å²) in [6.45, 7) is 0. The van der Waals surface area contributed by atoms with E-state index in [9.17, 15) is 0 Å². The predicted octanol–water partition coefficient (Wildman–Crippen LogP) is -28.5. The Hall–Kier alpha value is 1.05. The van der Waals surface area contributed by atoms with Gasteiger partial charge in [0, 0.05) is 0 Å². The van der Waals surface area contributed by atoms with Crippen molar-refractivity contribution in [3.8, 4) is 0 Å². The fraction of sp³-hybridized carbons (Fsp3) is 0. The van der Waals surface area contributed by atoms with Crippen LogP contribution in [0.3, 0.4) is 0 Å². The molecule has 0 aliphatic carbocycles. The van der Waals surface area contributed by atoms with Crippen molar-refractivity contribution in [3.05, 3.63) is 0 Å². The summed E-state index contributed by atoms with van der Waals surface area (Å²) in [6.07, 6.45) is 0. The smallest absolute Gasteiger partial charge is 1.00 e. The Morgan fingerprint density at radius 1 is 0.417 bits per heavy atom. The average Bonchev–Trinajstić information content (AvgIpc) is 0. The van der Waals surface area contributed by atoms with Gasteiger partial charge < -0.3 is 43.1 Å². The zero-order valence-electron chi connectivity index (χ0n) is 5.69. The molecule has 12 heteroatoms. The van der Waals surface area contributed by atoms with E-state index in [2.05, 4.69) is 0 Å². The molecule has 12 heavy (non-hydrogen) atoms. The molecule has 0 saturated heterocycles. The fourth-order valence-corrected chi connectivity index (χ4v) is 0. The summed E-state index contributed by atoms with van der Waals surface area (Å²) in [5.74, 6) is 0. The van der Waals surface area contributed by atoms with Crippen molar-refractivity contribution in [2.75, 3.05) is 0 Å². The van der Waals surface area contributed by atoms with Crippen molar-refractivity contribution in [1.82, 2.24) is 0 Å². The SMILES string of the molecule is [Al+3].[F-].[F-].[F-].[F-].[F-].[F-].[F-].[F-].[Li+].[Mn+2].[OH4+2]. The normalized spacial score (nSPS) is 0. The Morgan fingerprint density at radius 3 is 0.417 bits per heavy atom. The van der Waals surface area contributed by atoms with E-state index in [1.807, 2.05) is 0 Å². The van der Waals surface area contributed by atoms with Gasteiger partial charge in [0.1, 0.15) is 0 Å². The van der Waals surface area contributed by atoms with Crippen molar-refractivity contribution in [1.29, 1.82) is 0 Å². The fourth-order valence-electron chi connectivity index (χ4n) is 0. The van der Waals surface area contributed by atoms with Crippen LogP contribution in [-0.2, 0) is 22.5 Å². The van der Waals surface area contributed by atoms with E-state index >= 15 is 0 Å². The molecule has 0 rings (SSSR count). The molecule has 0 saturated carbocycles. The molecule has 1 nitrogen and oxygen atoms in total. The standard InChI is InChI=1S/Al.8FH.Li.Mn.H4O/h;8*1H;;;1H4/q+3;;;;;;;;;+1;2*+2/p-8. The first-order valence-corrected chi connectivity index (χ1v) is 0. The van der Waals surface area contributed by atoms with Crippen LogP contribution in [0.15, 0.2) is 0 Å². The first kappa shape index (κ1) is 1720. The number of hydrogen-bond acceptors (Lipinski definition) is 0. The van der Waals surface area contributed by atoms with Gasteiger partial charge in [-0.3, -0.25) is 0 Å². The molecule has 0 aromatic rings. The van der Waals surface area contributed by atoms with Gasteiger partial charge in [-0.25, -0.2) is 0 Å². The number of halogens is 8. The van der Waals surface area contributed by atoms with E-state index in [0.29, 0.717) is 0 Å². The second kappa shape index (κ2) is 1340. The largest absolute Gasteiger partial charge is 3.00 e. The predicted molar refractivity (Wildman–Crippen MR) is 12.0 cm³/mol.